The van der Waals surface area contributed by atoms with Crippen LogP contribution in [0.5, 0.6) is 23.0 Å². The number of carbonyl (C=O) groups excluding carboxylic acids is 3. The second-order valence-electron chi connectivity index (χ2n) is 7.94. The Morgan fingerprint density at radius 1 is 0.857 bits per heavy atom. The molecular formula is C27H25NO7. The lowest BCUT2D eigenvalue weighted by atomic mass is 10.1. The van der Waals surface area contributed by atoms with Gasteiger partial charge in [0.15, 0.2) is 12.4 Å². The molecule has 0 aliphatic carbocycles. The van der Waals surface area contributed by atoms with Crippen LogP contribution < -0.4 is 19.1 Å². The molecule has 4 rings (SSSR count). The van der Waals surface area contributed by atoms with Crippen LogP contribution in [-0.4, -0.2) is 45.0 Å². The van der Waals surface area contributed by atoms with Crippen molar-refractivity contribution in [1.82, 2.24) is 0 Å². The lowest BCUT2D eigenvalue weighted by Crippen LogP contribution is -2.27. The summed E-state index contributed by atoms with van der Waals surface area (Å²) in [6, 6.07) is 20.9. The number of hydrogen-bond acceptors (Lipinski definition) is 7. The van der Waals surface area contributed by atoms with E-state index in [1.165, 1.54) is 12.0 Å². The third-order valence-corrected chi connectivity index (χ3v) is 5.64. The third-order valence-electron chi connectivity index (χ3n) is 5.64. The predicted octanol–water partition coefficient (Wildman–Crippen LogP) is 4.28. The predicted molar refractivity (Wildman–Crippen MR) is 128 cm³/mol. The summed E-state index contributed by atoms with van der Waals surface area (Å²) in [5, 5.41) is 0. The fourth-order valence-corrected chi connectivity index (χ4v) is 3.72. The number of rotatable bonds is 9. The van der Waals surface area contributed by atoms with Crippen LogP contribution in [0.1, 0.15) is 16.8 Å². The largest absolute Gasteiger partial charge is 0.497 e. The molecule has 8 heteroatoms. The number of hydrogen-bond donors (Lipinski definition) is 0. The number of esters is 1. The highest BCUT2D eigenvalue weighted by molar-refractivity contribution is 6.01. The molecule has 180 valence electrons. The molecule has 35 heavy (non-hydrogen) atoms. The number of Topliss-reactive ketones (excluding diaryl/α,β-unsaturated/α-hetero) is 1. The molecule has 1 saturated heterocycles. The van der Waals surface area contributed by atoms with E-state index in [9.17, 15) is 14.4 Å². The molecule has 8 nitrogen and oxygen atoms in total. The van der Waals surface area contributed by atoms with E-state index in [1.807, 2.05) is 0 Å². The Morgan fingerprint density at radius 3 is 2.14 bits per heavy atom. The Labute approximate surface area is 203 Å². The van der Waals surface area contributed by atoms with Crippen molar-refractivity contribution in [2.45, 2.75) is 6.42 Å². The third kappa shape index (κ3) is 5.78. The molecule has 1 aliphatic heterocycles. The van der Waals surface area contributed by atoms with Gasteiger partial charge in [-0.2, -0.15) is 0 Å². The van der Waals surface area contributed by atoms with Gasteiger partial charge < -0.3 is 23.8 Å². The first kappa shape index (κ1) is 23.8. The fourth-order valence-electron chi connectivity index (χ4n) is 3.72. The number of ether oxygens (including phenoxy) is 4. The van der Waals surface area contributed by atoms with Gasteiger partial charge in [-0.15, -0.1) is 0 Å². The summed E-state index contributed by atoms with van der Waals surface area (Å²) in [5.74, 6) is 0.797. The summed E-state index contributed by atoms with van der Waals surface area (Å²) in [5.41, 5.74) is 1.04. The van der Waals surface area contributed by atoms with Crippen molar-refractivity contribution in [2.24, 2.45) is 5.92 Å². The molecule has 0 saturated carbocycles. The molecule has 0 aromatic heterocycles. The van der Waals surface area contributed by atoms with Crippen LogP contribution in [0.4, 0.5) is 5.69 Å². The van der Waals surface area contributed by atoms with E-state index in [4.69, 9.17) is 18.9 Å². The molecule has 0 bridgehead atoms. The summed E-state index contributed by atoms with van der Waals surface area (Å²) < 4.78 is 21.3. The number of methoxy groups -OCH3 is 2. The summed E-state index contributed by atoms with van der Waals surface area (Å²) in [4.78, 5) is 39.0. The van der Waals surface area contributed by atoms with Gasteiger partial charge in [0.25, 0.3) is 0 Å². The quantitative estimate of drug-likeness (QED) is 0.337. The van der Waals surface area contributed by atoms with E-state index in [2.05, 4.69) is 0 Å². The molecule has 0 unspecified atom stereocenters. The van der Waals surface area contributed by atoms with Gasteiger partial charge in [-0.25, -0.2) is 0 Å². The van der Waals surface area contributed by atoms with Gasteiger partial charge in [0.2, 0.25) is 5.91 Å². The zero-order chi connectivity index (χ0) is 24.8. The topological polar surface area (TPSA) is 91.4 Å². The standard InChI is InChI=1S/C27H25NO7/c1-32-21-10-12-23(13-11-21)35-22-8-6-20(7-9-22)28-16-19(15-26(28)30)27(31)34-17-25(29)18-4-3-5-24(14-18)33-2/h3-14,19H,15-17H2,1-2H3/t19-/m1/s1. The summed E-state index contributed by atoms with van der Waals surface area (Å²) in [6.07, 6.45) is 0.0241. The first-order chi connectivity index (χ1) is 17.0. The van der Waals surface area contributed by atoms with Crippen molar-refractivity contribution in [3.8, 4) is 23.0 Å². The molecule has 3 aromatic rings. The van der Waals surface area contributed by atoms with Crippen molar-refractivity contribution >= 4 is 23.3 Å². The summed E-state index contributed by atoms with van der Waals surface area (Å²) in [7, 11) is 3.11. The Bertz CT molecular complexity index is 1200. The van der Waals surface area contributed by atoms with Crippen LogP contribution >= 0.6 is 0 Å². The van der Waals surface area contributed by atoms with E-state index in [-0.39, 0.29) is 24.7 Å². The van der Waals surface area contributed by atoms with Gasteiger partial charge >= 0.3 is 5.97 Å². The Balaban J connectivity index is 1.32. The maximum absolute atomic E-state index is 12.6. The lowest BCUT2D eigenvalue weighted by molar-refractivity contribution is -0.147. The van der Waals surface area contributed by atoms with Gasteiger partial charge in [0.05, 0.1) is 20.1 Å². The van der Waals surface area contributed by atoms with Crippen LogP contribution in [-0.2, 0) is 14.3 Å². The normalized spacial score (nSPS) is 15.0. The van der Waals surface area contributed by atoms with Gasteiger partial charge in [-0.3, -0.25) is 14.4 Å². The van der Waals surface area contributed by atoms with E-state index in [0.717, 1.165) is 5.75 Å². The SMILES string of the molecule is COc1ccc(Oc2ccc(N3C[C@H](C(=O)OCC(=O)c4cccc(OC)c4)CC3=O)cc2)cc1. The molecule has 1 amide bonds. The molecular weight excluding hydrogens is 450 g/mol. The minimum absolute atomic E-state index is 0.0241. The van der Waals surface area contributed by atoms with Crippen LogP contribution in [0.15, 0.2) is 72.8 Å². The average molecular weight is 475 g/mol. The Kier molecular flexibility index (Phi) is 7.30. The first-order valence-electron chi connectivity index (χ1n) is 11.0. The number of anilines is 1. The van der Waals surface area contributed by atoms with E-state index < -0.39 is 18.5 Å². The smallest absolute Gasteiger partial charge is 0.311 e. The number of amides is 1. The van der Waals surface area contributed by atoms with Gasteiger partial charge in [0, 0.05) is 24.2 Å². The summed E-state index contributed by atoms with van der Waals surface area (Å²) in [6.45, 7) is -0.211. The minimum atomic E-state index is -0.643. The first-order valence-corrected chi connectivity index (χ1v) is 11.0. The highest BCUT2D eigenvalue weighted by Gasteiger charge is 2.36. The Hall–Kier alpha value is -4.33. The van der Waals surface area contributed by atoms with Crippen molar-refractivity contribution in [2.75, 3.05) is 32.3 Å². The molecule has 1 atom stereocenters. The van der Waals surface area contributed by atoms with Crippen LogP contribution in [0.3, 0.4) is 0 Å². The molecule has 1 heterocycles. The molecule has 1 aliphatic rings. The maximum Gasteiger partial charge on any atom is 0.311 e. The van der Waals surface area contributed by atoms with Gasteiger partial charge in [0.1, 0.15) is 23.0 Å². The highest BCUT2D eigenvalue weighted by Crippen LogP contribution is 2.29. The van der Waals surface area contributed by atoms with Crippen molar-refractivity contribution < 1.29 is 33.3 Å². The monoisotopic (exact) mass is 475 g/mol. The average Bonchev–Trinajstić information content (AvgIpc) is 3.29. The molecule has 3 aromatic carbocycles. The number of benzene rings is 3. The fraction of sp³-hybridized carbons (Fsp3) is 0.222. The van der Waals surface area contributed by atoms with E-state index >= 15 is 0 Å². The zero-order valence-corrected chi connectivity index (χ0v) is 19.4. The zero-order valence-electron chi connectivity index (χ0n) is 19.4. The van der Waals surface area contributed by atoms with Gasteiger partial charge in [-0.1, -0.05) is 12.1 Å². The molecule has 0 spiro atoms. The van der Waals surface area contributed by atoms with Crippen molar-refractivity contribution in [1.29, 1.82) is 0 Å². The van der Waals surface area contributed by atoms with Crippen molar-refractivity contribution in [3.63, 3.8) is 0 Å². The summed E-state index contributed by atoms with van der Waals surface area (Å²) >= 11 is 0. The van der Waals surface area contributed by atoms with E-state index in [1.54, 1.807) is 79.9 Å². The molecule has 0 N–H and O–H groups in total. The second-order valence-corrected chi connectivity index (χ2v) is 7.94. The van der Waals surface area contributed by atoms with Crippen LogP contribution in [0.2, 0.25) is 0 Å². The van der Waals surface area contributed by atoms with Gasteiger partial charge in [-0.05, 0) is 60.7 Å². The lowest BCUT2D eigenvalue weighted by Gasteiger charge is -2.17. The molecule has 0 radical (unpaired) electrons. The molecule has 1 fully saturated rings. The van der Waals surface area contributed by atoms with Crippen LogP contribution in [0, 0.1) is 5.92 Å². The number of nitrogens with zero attached hydrogens (tertiary/aromatic N) is 1. The Morgan fingerprint density at radius 2 is 1.49 bits per heavy atom. The second kappa shape index (κ2) is 10.7. The number of carbonyl (C=O) groups is 3. The highest BCUT2D eigenvalue weighted by atomic mass is 16.5. The maximum atomic E-state index is 12.6. The van der Waals surface area contributed by atoms with Crippen LogP contribution in [0.25, 0.3) is 0 Å². The number of ketones is 1. The van der Waals surface area contributed by atoms with E-state index in [0.29, 0.717) is 28.5 Å². The minimum Gasteiger partial charge on any atom is -0.497 e. The van der Waals surface area contributed by atoms with Crippen molar-refractivity contribution in [3.05, 3.63) is 78.4 Å².